The lowest BCUT2D eigenvalue weighted by Crippen LogP contribution is -2.36. The Morgan fingerprint density at radius 3 is 2.29 bits per heavy atom. The number of hydrogen-bond acceptors (Lipinski definition) is 3. The van der Waals surface area contributed by atoms with Gasteiger partial charge in [-0.15, -0.1) is 0 Å². The van der Waals surface area contributed by atoms with Gasteiger partial charge in [-0.3, -0.25) is 14.4 Å². The third kappa shape index (κ3) is 6.87. The molecule has 0 aliphatic heterocycles. The van der Waals surface area contributed by atoms with Crippen LogP contribution >= 0.6 is 0 Å². The van der Waals surface area contributed by atoms with Crippen LogP contribution in [0.25, 0.3) is 0 Å². The van der Waals surface area contributed by atoms with Gasteiger partial charge in [-0.1, -0.05) is 36.2 Å². The SMILES string of the molecule is CCCC(=O)Nc1cccc(CNC(=O)CNC(=O)c2cc(C)cc(C)c2)c1. The van der Waals surface area contributed by atoms with Crippen molar-refractivity contribution in [2.45, 2.75) is 40.2 Å². The molecule has 3 N–H and O–H groups in total. The molecule has 0 aliphatic carbocycles. The van der Waals surface area contributed by atoms with Gasteiger partial charge in [0.05, 0.1) is 6.54 Å². The van der Waals surface area contributed by atoms with E-state index in [1.54, 1.807) is 12.1 Å². The summed E-state index contributed by atoms with van der Waals surface area (Å²) in [6.45, 7) is 6.02. The third-order valence-corrected chi connectivity index (χ3v) is 4.07. The summed E-state index contributed by atoms with van der Waals surface area (Å²) in [4.78, 5) is 35.9. The summed E-state index contributed by atoms with van der Waals surface area (Å²) in [5.41, 5.74) is 4.11. The smallest absolute Gasteiger partial charge is 0.251 e. The van der Waals surface area contributed by atoms with Crippen molar-refractivity contribution < 1.29 is 14.4 Å². The normalized spacial score (nSPS) is 10.2. The van der Waals surface area contributed by atoms with Gasteiger partial charge in [0.25, 0.3) is 5.91 Å². The van der Waals surface area contributed by atoms with Crippen molar-refractivity contribution >= 4 is 23.4 Å². The minimum absolute atomic E-state index is 0.0298. The van der Waals surface area contributed by atoms with E-state index < -0.39 is 0 Å². The lowest BCUT2D eigenvalue weighted by Gasteiger charge is -2.10. The third-order valence-electron chi connectivity index (χ3n) is 4.07. The van der Waals surface area contributed by atoms with Crippen LogP contribution in [0.2, 0.25) is 0 Å². The maximum Gasteiger partial charge on any atom is 0.251 e. The molecule has 6 heteroatoms. The molecule has 0 spiro atoms. The molecule has 2 rings (SSSR count). The Kier molecular flexibility index (Phi) is 7.75. The molecule has 0 aromatic heterocycles. The first-order chi connectivity index (χ1) is 13.4. The number of aryl methyl sites for hydroxylation is 2. The van der Waals surface area contributed by atoms with E-state index in [0.717, 1.165) is 23.1 Å². The van der Waals surface area contributed by atoms with Crippen LogP contribution < -0.4 is 16.0 Å². The molecule has 148 valence electrons. The first kappa shape index (κ1) is 21.2. The summed E-state index contributed by atoms with van der Waals surface area (Å²) in [5, 5.41) is 8.23. The van der Waals surface area contributed by atoms with Gasteiger partial charge >= 0.3 is 0 Å². The van der Waals surface area contributed by atoms with Crippen LogP contribution in [0.1, 0.15) is 46.8 Å². The number of hydrogen-bond donors (Lipinski definition) is 3. The second kappa shape index (κ2) is 10.3. The first-order valence-corrected chi connectivity index (χ1v) is 9.39. The van der Waals surface area contributed by atoms with Crippen molar-refractivity contribution in [2.24, 2.45) is 0 Å². The summed E-state index contributed by atoms with van der Waals surface area (Å²) in [6, 6.07) is 12.9. The van der Waals surface area contributed by atoms with Crippen molar-refractivity contribution in [2.75, 3.05) is 11.9 Å². The van der Waals surface area contributed by atoms with Gasteiger partial charge in [0.2, 0.25) is 11.8 Å². The average Bonchev–Trinajstić information content (AvgIpc) is 2.64. The second-order valence-corrected chi connectivity index (χ2v) is 6.83. The predicted molar refractivity (Wildman–Crippen MR) is 110 cm³/mol. The summed E-state index contributed by atoms with van der Waals surface area (Å²) in [7, 11) is 0. The predicted octanol–water partition coefficient (Wildman–Crippen LogP) is 3.09. The number of amides is 3. The number of carbonyl (C=O) groups excluding carboxylic acids is 3. The van der Waals surface area contributed by atoms with Gasteiger partial charge in [0.1, 0.15) is 0 Å². The Morgan fingerprint density at radius 2 is 1.61 bits per heavy atom. The number of anilines is 1. The molecule has 0 radical (unpaired) electrons. The standard InChI is InChI=1S/C22H27N3O3/c1-4-6-20(26)25-19-8-5-7-17(12-19)13-23-21(27)14-24-22(28)18-10-15(2)9-16(3)11-18/h5,7-12H,4,6,13-14H2,1-3H3,(H,23,27)(H,24,28)(H,25,26). The number of rotatable bonds is 8. The van der Waals surface area contributed by atoms with E-state index in [9.17, 15) is 14.4 Å². The Balaban J connectivity index is 1.82. The molecule has 0 saturated heterocycles. The van der Waals surface area contributed by atoms with Gasteiger partial charge in [-0.05, 0) is 50.1 Å². The lowest BCUT2D eigenvalue weighted by molar-refractivity contribution is -0.120. The van der Waals surface area contributed by atoms with Gasteiger partial charge in [-0.25, -0.2) is 0 Å². The average molecular weight is 381 g/mol. The Morgan fingerprint density at radius 1 is 0.893 bits per heavy atom. The second-order valence-electron chi connectivity index (χ2n) is 6.83. The Labute approximate surface area is 165 Å². The molecule has 0 unspecified atom stereocenters. The zero-order valence-electron chi connectivity index (χ0n) is 16.6. The molecule has 6 nitrogen and oxygen atoms in total. The van der Waals surface area contributed by atoms with Crippen LogP contribution in [0.5, 0.6) is 0 Å². The Hall–Kier alpha value is -3.15. The van der Waals surface area contributed by atoms with E-state index >= 15 is 0 Å². The molecule has 3 amide bonds. The van der Waals surface area contributed by atoms with E-state index in [1.165, 1.54) is 0 Å². The maximum atomic E-state index is 12.2. The molecule has 28 heavy (non-hydrogen) atoms. The molecule has 0 bridgehead atoms. The highest BCUT2D eigenvalue weighted by Crippen LogP contribution is 2.11. The van der Waals surface area contributed by atoms with Crippen molar-refractivity contribution in [3.8, 4) is 0 Å². The van der Waals surface area contributed by atoms with Gasteiger partial charge < -0.3 is 16.0 Å². The zero-order chi connectivity index (χ0) is 20.5. The number of benzene rings is 2. The van der Waals surface area contributed by atoms with Crippen molar-refractivity contribution in [3.63, 3.8) is 0 Å². The van der Waals surface area contributed by atoms with Crippen LogP contribution in [0.15, 0.2) is 42.5 Å². The van der Waals surface area contributed by atoms with Gasteiger partial charge in [0.15, 0.2) is 0 Å². The van der Waals surface area contributed by atoms with Crippen molar-refractivity contribution in [1.82, 2.24) is 10.6 Å². The lowest BCUT2D eigenvalue weighted by atomic mass is 10.1. The van der Waals surface area contributed by atoms with Crippen LogP contribution in [0.3, 0.4) is 0 Å². The maximum absolute atomic E-state index is 12.2. The largest absolute Gasteiger partial charge is 0.350 e. The fourth-order valence-electron chi connectivity index (χ4n) is 2.84. The zero-order valence-corrected chi connectivity index (χ0v) is 16.6. The molecule has 0 atom stereocenters. The van der Waals surface area contributed by atoms with Crippen molar-refractivity contribution in [3.05, 3.63) is 64.7 Å². The van der Waals surface area contributed by atoms with Crippen LogP contribution in [-0.4, -0.2) is 24.3 Å². The molecule has 2 aromatic carbocycles. The fraction of sp³-hybridized carbons (Fsp3) is 0.318. The van der Waals surface area contributed by atoms with Crippen LogP contribution in [-0.2, 0) is 16.1 Å². The quantitative estimate of drug-likeness (QED) is 0.657. The summed E-state index contributed by atoms with van der Waals surface area (Å²) in [5.74, 6) is -0.585. The van der Waals surface area contributed by atoms with E-state index in [1.807, 2.05) is 51.1 Å². The summed E-state index contributed by atoms with van der Waals surface area (Å²) < 4.78 is 0. The number of nitrogens with one attached hydrogen (secondary N) is 3. The molecule has 0 aliphatic rings. The van der Waals surface area contributed by atoms with E-state index in [2.05, 4.69) is 16.0 Å². The van der Waals surface area contributed by atoms with Crippen molar-refractivity contribution in [1.29, 1.82) is 0 Å². The van der Waals surface area contributed by atoms with E-state index in [4.69, 9.17) is 0 Å². The van der Waals surface area contributed by atoms with Gasteiger partial charge in [-0.2, -0.15) is 0 Å². The topological polar surface area (TPSA) is 87.3 Å². The molecular formula is C22H27N3O3. The molecule has 0 saturated carbocycles. The molecule has 0 heterocycles. The van der Waals surface area contributed by atoms with E-state index in [0.29, 0.717) is 24.2 Å². The van der Waals surface area contributed by atoms with Crippen LogP contribution in [0.4, 0.5) is 5.69 Å². The Bertz CT molecular complexity index is 842. The van der Waals surface area contributed by atoms with Crippen LogP contribution in [0, 0.1) is 13.8 Å². The highest BCUT2D eigenvalue weighted by Gasteiger charge is 2.09. The highest BCUT2D eigenvalue weighted by atomic mass is 16.2. The fourth-order valence-corrected chi connectivity index (χ4v) is 2.84. The summed E-state index contributed by atoms with van der Waals surface area (Å²) >= 11 is 0. The molecule has 0 fully saturated rings. The first-order valence-electron chi connectivity index (χ1n) is 9.39. The highest BCUT2D eigenvalue weighted by molar-refractivity contribution is 5.96. The molecule has 2 aromatic rings. The monoisotopic (exact) mass is 381 g/mol. The number of carbonyl (C=O) groups is 3. The summed E-state index contributed by atoms with van der Waals surface area (Å²) in [6.07, 6.45) is 1.26. The minimum atomic E-state index is -0.279. The molecular weight excluding hydrogens is 354 g/mol. The van der Waals surface area contributed by atoms with Gasteiger partial charge in [0, 0.05) is 24.2 Å². The van der Waals surface area contributed by atoms with E-state index in [-0.39, 0.29) is 24.3 Å². The minimum Gasteiger partial charge on any atom is -0.350 e.